The summed E-state index contributed by atoms with van der Waals surface area (Å²) >= 11 is 0. The zero-order chi connectivity index (χ0) is 20.4. The molecule has 2 heterocycles. The summed E-state index contributed by atoms with van der Waals surface area (Å²) in [5.74, 6) is 1.08. The first kappa shape index (κ1) is 19.1. The number of hydrogen-bond donors (Lipinski definition) is 2. The highest BCUT2D eigenvalue weighted by atomic mass is 16.5. The molecule has 4 rings (SSSR count). The van der Waals surface area contributed by atoms with Crippen LogP contribution in [0.5, 0.6) is 11.5 Å². The lowest BCUT2D eigenvalue weighted by Gasteiger charge is -2.41. The topological polar surface area (TPSA) is 79.9 Å². The molecule has 2 aromatic carbocycles. The summed E-state index contributed by atoms with van der Waals surface area (Å²) in [4.78, 5) is 27.2. The number of amides is 2. The van der Waals surface area contributed by atoms with Gasteiger partial charge in [-0.3, -0.25) is 9.59 Å². The smallest absolute Gasteiger partial charge is 0.251 e. The minimum atomic E-state index is -0.197. The van der Waals surface area contributed by atoms with Crippen LogP contribution in [-0.2, 0) is 11.3 Å². The molecule has 0 aliphatic carbocycles. The Hall–Kier alpha value is -3.22. The van der Waals surface area contributed by atoms with Crippen LogP contribution >= 0.6 is 0 Å². The molecule has 0 unspecified atom stereocenters. The van der Waals surface area contributed by atoms with Gasteiger partial charge in [0.1, 0.15) is 6.04 Å². The third-order valence-electron chi connectivity index (χ3n) is 5.53. The summed E-state index contributed by atoms with van der Waals surface area (Å²) in [6.07, 6.45) is 3.02. The first-order valence-corrected chi connectivity index (χ1v) is 9.81. The third-order valence-corrected chi connectivity index (χ3v) is 5.53. The van der Waals surface area contributed by atoms with Crippen LogP contribution in [0.1, 0.15) is 35.2 Å². The molecule has 0 aromatic heterocycles. The third kappa shape index (κ3) is 3.72. The van der Waals surface area contributed by atoms with Crippen LogP contribution < -0.4 is 25.0 Å². The van der Waals surface area contributed by atoms with Crippen LogP contribution in [-0.4, -0.2) is 38.6 Å². The average molecular weight is 395 g/mol. The number of benzene rings is 2. The summed E-state index contributed by atoms with van der Waals surface area (Å²) in [6.45, 7) is 1.23. The minimum Gasteiger partial charge on any atom is -0.493 e. The number of fused-ring (bicyclic) bond motifs is 3. The van der Waals surface area contributed by atoms with Gasteiger partial charge in [-0.15, -0.1) is 0 Å². The van der Waals surface area contributed by atoms with E-state index in [-0.39, 0.29) is 17.9 Å². The minimum absolute atomic E-state index is 0.0140. The molecule has 1 saturated heterocycles. The molecule has 0 spiro atoms. The molecule has 2 aliphatic heterocycles. The van der Waals surface area contributed by atoms with Crippen molar-refractivity contribution in [2.24, 2.45) is 0 Å². The zero-order valence-electron chi connectivity index (χ0n) is 16.7. The Balaban J connectivity index is 1.47. The Bertz CT molecular complexity index is 944. The highest BCUT2D eigenvalue weighted by Gasteiger charge is 2.34. The van der Waals surface area contributed by atoms with Gasteiger partial charge in [0.25, 0.3) is 5.91 Å². The number of nitrogens with zero attached hydrogens (tertiary/aromatic N) is 1. The molecule has 2 amide bonds. The molecular weight excluding hydrogens is 370 g/mol. The number of anilines is 2. The first-order chi connectivity index (χ1) is 14.1. The van der Waals surface area contributed by atoms with Crippen LogP contribution in [0.2, 0.25) is 0 Å². The normalized spacial score (nSPS) is 17.7. The number of ether oxygens (including phenoxy) is 2. The van der Waals surface area contributed by atoms with Crippen LogP contribution in [0.3, 0.4) is 0 Å². The summed E-state index contributed by atoms with van der Waals surface area (Å²) in [5.41, 5.74) is 3.11. The van der Waals surface area contributed by atoms with Gasteiger partial charge < -0.3 is 25.0 Å². The van der Waals surface area contributed by atoms with E-state index in [1.165, 1.54) is 0 Å². The molecule has 152 valence electrons. The summed E-state index contributed by atoms with van der Waals surface area (Å²) in [6, 6.07) is 10.9. The number of rotatable bonds is 5. The van der Waals surface area contributed by atoms with Crippen molar-refractivity contribution in [2.75, 3.05) is 31.0 Å². The Morgan fingerprint density at radius 3 is 2.76 bits per heavy atom. The van der Waals surface area contributed by atoms with E-state index in [0.29, 0.717) is 29.3 Å². The highest BCUT2D eigenvalue weighted by molar-refractivity contribution is 6.05. The van der Waals surface area contributed by atoms with Gasteiger partial charge in [0.2, 0.25) is 5.91 Å². The van der Waals surface area contributed by atoms with Gasteiger partial charge in [0.15, 0.2) is 11.5 Å². The quantitative estimate of drug-likeness (QED) is 0.814. The fraction of sp³-hybridized carbons (Fsp3) is 0.364. The number of hydrogen-bond acceptors (Lipinski definition) is 5. The van der Waals surface area contributed by atoms with Crippen LogP contribution in [0, 0.1) is 0 Å². The number of piperidine rings is 1. The van der Waals surface area contributed by atoms with Gasteiger partial charge in [0.05, 0.1) is 25.6 Å². The van der Waals surface area contributed by atoms with E-state index in [9.17, 15) is 9.59 Å². The second-order valence-corrected chi connectivity index (χ2v) is 7.30. The Kier molecular flexibility index (Phi) is 5.29. The van der Waals surface area contributed by atoms with E-state index in [1.54, 1.807) is 20.3 Å². The van der Waals surface area contributed by atoms with Gasteiger partial charge in [-0.2, -0.15) is 0 Å². The predicted octanol–water partition coefficient (Wildman–Crippen LogP) is 2.94. The second-order valence-electron chi connectivity index (χ2n) is 7.30. The second kappa shape index (κ2) is 8.03. The molecule has 7 heteroatoms. The average Bonchev–Trinajstić information content (AvgIpc) is 2.77. The number of carbonyl (C=O) groups excluding carboxylic acids is 2. The highest BCUT2D eigenvalue weighted by Crippen LogP contribution is 2.36. The maximum atomic E-state index is 12.7. The molecule has 0 saturated carbocycles. The Morgan fingerprint density at radius 1 is 1.14 bits per heavy atom. The van der Waals surface area contributed by atoms with Crippen molar-refractivity contribution >= 4 is 23.2 Å². The van der Waals surface area contributed by atoms with E-state index in [4.69, 9.17) is 9.47 Å². The molecular formula is C22H25N3O4. The molecule has 7 nitrogen and oxygen atoms in total. The lowest BCUT2D eigenvalue weighted by molar-refractivity contribution is -0.118. The van der Waals surface area contributed by atoms with Gasteiger partial charge in [-0.25, -0.2) is 0 Å². The van der Waals surface area contributed by atoms with E-state index in [1.807, 2.05) is 30.3 Å². The maximum Gasteiger partial charge on any atom is 0.251 e. The number of nitrogens with one attached hydrogen (secondary N) is 2. The molecule has 29 heavy (non-hydrogen) atoms. The number of carbonyl (C=O) groups is 2. The van der Waals surface area contributed by atoms with Crippen LogP contribution in [0.25, 0.3) is 0 Å². The van der Waals surface area contributed by atoms with Gasteiger partial charge in [-0.05, 0) is 55.2 Å². The molecule has 0 radical (unpaired) electrons. The standard InChI is InChI=1S/C22H25N3O4/c1-28-19-9-6-14(11-20(19)29-2)13-23-21(26)15-7-8-17-16(12-15)24-22(27)18-5-3-4-10-25(17)18/h6-9,11-12,18H,3-5,10,13H2,1-2H3,(H,23,26)(H,24,27)/t18-/m1/s1. The maximum absolute atomic E-state index is 12.7. The monoisotopic (exact) mass is 395 g/mol. The van der Waals surface area contributed by atoms with Gasteiger partial charge >= 0.3 is 0 Å². The van der Waals surface area contributed by atoms with Crippen molar-refractivity contribution in [3.8, 4) is 11.5 Å². The molecule has 2 N–H and O–H groups in total. The zero-order valence-corrected chi connectivity index (χ0v) is 16.7. The molecule has 1 fully saturated rings. The van der Waals surface area contributed by atoms with E-state index < -0.39 is 0 Å². The van der Waals surface area contributed by atoms with Crippen molar-refractivity contribution in [2.45, 2.75) is 31.8 Å². The summed E-state index contributed by atoms with van der Waals surface area (Å²) in [7, 11) is 3.16. The lowest BCUT2D eigenvalue weighted by Crippen LogP contribution is -2.50. The fourth-order valence-corrected chi connectivity index (χ4v) is 4.01. The Labute approximate surface area is 170 Å². The van der Waals surface area contributed by atoms with Crippen molar-refractivity contribution in [1.29, 1.82) is 0 Å². The fourth-order valence-electron chi connectivity index (χ4n) is 4.01. The van der Waals surface area contributed by atoms with E-state index in [0.717, 1.165) is 37.1 Å². The Morgan fingerprint density at radius 2 is 1.97 bits per heavy atom. The summed E-state index contributed by atoms with van der Waals surface area (Å²) in [5, 5.41) is 5.88. The van der Waals surface area contributed by atoms with Gasteiger partial charge in [-0.1, -0.05) is 6.07 Å². The predicted molar refractivity (Wildman–Crippen MR) is 111 cm³/mol. The SMILES string of the molecule is COc1ccc(CNC(=O)c2ccc3c(c2)NC(=O)[C@H]2CCCCN32)cc1OC. The summed E-state index contributed by atoms with van der Waals surface area (Å²) < 4.78 is 10.5. The van der Waals surface area contributed by atoms with Crippen molar-refractivity contribution in [3.63, 3.8) is 0 Å². The first-order valence-electron chi connectivity index (χ1n) is 9.81. The van der Waals surface area contributed by atoms with Crippen LogP contribution in [0.4, 0.5) is 11.4 Å². The van der Waals surface area contributed by atoms with Gasteiger partial charge in [0, 0.05) is 18.7 Å². The van der Waals surface area contributed by atoms with E-state index in [2.05, 4.69) is 15.5 Å². The van der Waals surface area contributed by atoms with E-state index >= 15 is 0 Å². The van der Waals surface area contributed by atoms with Crippen molar-refractivity contribution in [1.82, 2.24) is 5.32 Å². The van der Waals surface area contributed by atoms with Crippen LogP contribution in [0.15, 0.2) is 36.4 Å². The molecule has 1 atom stereocenters. The molecule has 0 bridgehead atoms. The lowest BCUT2D eigenvalue weighted by atomic mass is 9.97. The molecule has 2 aromatic rings. The molecule has 2 aliphatic rings. The van der Waals surface area contributed by atoms with Crippen molar-refractivity contribution < 1.29 is 19.1 Å². The largest absolute Gasteiger partial charge is 0.493 e. The number of methoxy groups -OCH3 is 2. The van der Waals surface area contributed by atoms with Crippen molar-refractivity contribution in [3.05, 3.63) is 47.5 Å².